The summed E-state index contributed by atoms with van der Waals surface area (Å²) in [6, 6.07) is 6.97. The van der Waals surface area contributed by atoms with Crippen LogP contribution in [-0.4, -0.2) is 16.2 Å². The lowest BCUT2D eigenvalue weighted by molar-refractivity contribution is 0.474. The summed E-state index contributed by atoms with van der Waals surface area (Å²) >= 11 is 1.37. The molecular formula is C12H10N2O2S. The fourth-order valence-electron chi connectivity index (χ4n) is 1.82. The summed E-state index contributed by atoms with van der Waals surface area (Å²) < 4.78 is 2.29. The SMILES string of the molecule is O=c1/c(=C/c2ccccc2O)sc2n1CCN=2. The van der Waals surface area contributed by atoms with Crippen LogP contribution in [-0.2, 0) is 6.54 Å². The third-order valence-corrected chi connectivity index (χ3v) is 3.73. The zero-order valence-electron chi connectivity index (χ0n) is 8.96. The van der Waals surface area contributed by atoms with E-state index in [1.165, 1.54) is 11.3 Å². The Morgan fingerprint density at radius 3 is 3.00 bits per heavy atom. The van der Waals surface area contributed by atoms with Crippen molar-refractivity contribution in [1.82, 2.24) is 4.57 Å². The highest BCUT2D eigenvalue weighted by Gasteiger charge is 2.09. The second-order valence-corrected chi connectivity index (χ2v) is 4.80. The minimum atomic E-state index is -0.0190. The average Bonchev–Trinajstić information content (AvgIpc) is 2.87. The van der Waals surface area contributed by atoms with Crippen LogP contribution in [0.25, 0.3) is 6.08 Å². The van der Waals surface area contributed by atoms with E-state index < -0.39 is 0 Å². The summed E-state index contributed by atoms with van der Waals surface area (Å²) in [4.78, 5) is 17.0. The molecule has 0 saturated carbocycles. The highest BCUT2D eigenvalue weighted by molar-refractivity contribution is 7.07. The van der Waals surface area contributed by atoms with E-state index in [1.807, 2.05) is 6.07 Å². The number of rotatable bonds is 1. The smallest absolute Gasteiger partial charge is 0.270 e. The number of phenols is 1. The number of benzene rings is 1. The molecule has 0 saturated heterocycles. The van der Waals surface area contributed by atoms with E-state index in [0.717, 1.165) is 4.80 Å². The van der Waals surface area contributed by atoms with Gasteiger partial charge in [0.05, 0.1) is 11.1 Å². The van der Waals surface area contributed by atoms with Crippen LogP contribution in [0.15, 0.2) is 34.1 Å². The lowest BCUT2D eigenvalue weighted by Gasteiger charge is -1.95. The Bertz CT molecular complexity index is 743. The van der Waals surface area contributed by atoms with Gasteiger partial charge in [0.1, 0.15) is 5.75 Å². The summed E-state index contributed by atoms with van der Waals surface area (Å²) in [6.45, 7) is 1.36. The third-order valence-electron chi connectivity index (χ3n) is 2.68. The van der Waals surface area contributed by atoms with E-state index in [1.54, 1.807) is 28.8 Å². The lowest BCUT2D eigenvalue weighted by Crippen LogP contribution is -2.29. The molecule has 0 amide bonds. The van der Waals surface area contributed by atoms with E-state index in [-0.39, 0.29) is 11.3 Å². The molecular weight excluding hydrogens is 236 g/mol. The second kappa shape index (κ2) is 3.85. The minimum Gasteiger partial charge on any atom is -0.507 e. The van der Waals surface area contributed by atoms with Gasteiger partial charge in [0, 0.05) is 12.1 Å². The van der Waals surface area contributed by atoms with Crippen LogP contribution in [0.2, 0.25) is 0 Å². The van der Waals surface area contributed by atoms with E-state index in [4.69, 9.17) is 0 Å². The first kappa shape index (κ1) is 10.3. The number of aromatic hydroxyl groups is 1. The molecule has 0 spiro atoms. The Hall–Kier alpha value is -1.88. The molecule has 1 aliphatic rings. The highest BCUT2D eigenvalue weighted by Crippen LogP contribution is 2.15. The summed E-state index contributed by atoms with van der Waals surface area (Å²) in [5, 5.41) is 9.65. The molecule has 0 atom stereocenters. The Kier molecular flexibility index (Phi) is 2.33. The van der Waals surface area contributed by atoms with E-state index in [9.17, 15) is 9.90 Å². The van der Waals surface area contributed by atoms with Crippen molar-refractivity contribution < 1.29 is 5.11 Å². The van der Waals surface area contributed by atoms with E-state index in [2.05, 4.69) is 4.99 Å². The van der Waals surface area contributed by atoms with E-state index >= 15 is 0 Å². The molecule has 86 valence electrons. The Morgan fingerprint density at radius 2 is 2.24 bits per heavy atom. The van der Waals surface area contributed by atoms with Crippen LogP contribution in [0.4, 0.5) is 0 Å². The molecule has 4 nitrogen and oxygen atoms in total. The van der Waals surface area contributed by atoms with E-state index in [0.29, 0.717) is 23.2 Å². The van der Waals surface area contributed by atoms with Gasteiger partial charge in [-0.15, -0.1) is 0 Å². The van der Waals surface area contributed by atoms with Crippen LogP contribution < -0.4 is 14.9 Å². The zero-order chi connectivity index (χ0) is 11.8. The van der Waals surface area contributed by atoms with Crippen molar-refractivity contribution in [2.45, 2.75) is 6.54 Å². The number of nitrogens with zero attached hydrogens (tertiary/aromatic N) is 2. The van der Waals surface area contributed by atoms with Crippen LogP contribution in [0.5, 0.6) is 5.75 Å². The molecule has 5 heteroatoms. The van der Waals surface area contributed by atoms with Gasteiger partial charge in [0.25, 0.3) is 5.56 Å². The monoisotopic (exact) mass is 246 g/mol. The number of thiazole rings is 1. The number of fused-ring (bicyclic) bond motifs is 1. The number of hydrogen-bond donors (Lipinski definition) is 1. The second-order valence-electron chi connectivity index (χ2n) is 3.79. The predicted molar refractivity (Wildman–Crippen MR) is 65.9 cm³/mol. The molecule has 1 aromatic heterocycles. The van der Waals surface area contributed by atoms with Crippen LogP contribution >= 0.6 is 11.3 Å². The topological polar surface area (TPSA) is 54.6 Å². The maximum atomic E-state index is 12.0. The summed E-state index contributed by atoms with van der Waals surface area (Å²) in [6.07, 6.45) is 1.71. The van der Waals surface area contributed by atoms with Crippen molar-refractivity contribution in [3.05, 3.63) is 49.5 Å². The van der Waals surface area contributed by atoms with Gasteiger partial charge < -0.3 is 5.11 Å². The Morgan fingerprint density at radius 1 is 1.41 bits per heavy atom. The van der Waals surface area contributed by atoms with Crippen LogP contribution in [0.1, 0.15) is 5.56 Å². The molecule has 2 aromatic rings. The molecule has 0 unspecified atom stereocenters. The number of para-hydroxylation sites is 1. The predicted octanol–water partition coefficient (Wildman–Crippen LogP) is 0.0774. The summed E-state index contributed by atoms with van der Waals surface area (Å²) in [7, 11) is 0. The molecule has 2 heterocycles. The first-order valence-electron chi connectivity index (χ1n) is 5.29. The maximum Gasteiger partial charge on any atom is 0.270 e. The molecule has 1 N–H and O–H groups in total. The van der Waals surface area contributed by atoms with Crippen molar-refractivity contribution in [1.29, 1.82) is 0 Å². The van der Waals surface area contributed by atoms with Gasteiger partial charge in [-0.3, -0.25) is 14.4 Å². The van der Waals surface area contributed by atoms with Gasteiger partial charge in [-0.1, -0.05) is 29.5 Å². The third kappa shape index (κ3) is 1.68. The maximum absolute atomic E-state index is 12.0. The fraction of sp³-hybridized carbons (Fsp3) is 0.167. The van der Waals surface area contributed by atoms with Gasteiger partial charge in [-0.05, 0) is 12.1 Å². The molecule has 0 radical (unpaired) electrons. The van der Waals surface area contributed by atoms with Gasteiger partial charge in [0.2, 0.25) is 0 Å². The average molecular weight is 246 g/mol. The number of aromatic nitrogens is 1. The minimum absolute atomic E-state index is 0.0190. The standard InChI is InChI=1S/C12H10N2O2S/c15-9-4-2-1-3-8(9)7-10-11(16)14-6-5-13-12(14)17-10/h1-4,7,15H,5-6H2/b10-7-. The Labute approximate surface area is 101 Å². The highest BCUT2D eigenvalue weighted by atomic mass is 32.1. The quantitative estimate of drug-likeness (QED) is 0.774. The molecule has 17 heavy (non-hydrogen) atoms. The normalized spacial score (nSPS) is 14.7. The fourth-order valence-corrected chi connectivity index (χ4v) is 2.84. The molecule has 1 aromatic carbocycles. The van der Waals surface area contributed by atoms with Gasteiger partial charge >= 0.3 is 0 Å². The van der Waals surface area contributed by atoms with Crippen molar-refractivity contribution >= 4 is 17.4 Å². The lowest BCUT2D eigenvalue weighted by atomic mass is 10.2. The van der Waals surface area contributed by atoms with Crippen LogP contribution in [0, 0.1) is 0 Å². The first-order chi connectivity index (χ1) is 8.25. The van der Waals surface area contributed by atoms with Crippen molar-refractivity contribution in [3.63, 3.8) is 0 Å². The van der Waals surface area contributed by atoms with Gasteiger partial charge in [-0.2, -0.15) is 0 Å². The number of hydrogen-bond acceptors (Lipinski definition) is 4. The van der Waals surface area contributed by atoms with Crippen molar-refractivity contribution in [3.8, 4) is 5.75 Å². The molecule has 0 aliphatic carbocycles. The first-order valence-corrected chi connectivity index (χ1v) is 6.11. The van der Waals surface area contributed by atoms with Crippen molar-refractivity contribution in [2.75, 3.05) is 6.54 Å². The van der Waals surface area contributed by atoms with Gasteiger partial charge in [-0.25, -0.2) is 0 Å². The van der Waals surface area contributed by atoms with Gasteiger partial charge in [0.15, 0.2) is 4.80 Å². The largest absolute Gasteiger partial charge is 0.507 e. The molecule has 1 aliphatic heterocycles. The zero-order valence-corrected chi connectivity index (χ0v) is 9.78. The number of phenolic OH excluding ortho intramolecular Hbond substituents is 1. The summed E-state index contributed by atoms with van der Waals surface area (Å²) in [5.74, 6) is 0.183. The molecule has 0 fully saturated rings. The molecule has 3 rings (SSSR count). The Balaban J connectivity index is 2.24. The van der Waals surface area contributed by atoms with Crippen LogP contribution in [0.3, 0.4) is 0 Å². The van der Waals surface area contributed by atoms with Crippen molar-refractivity contribution in [2.24, 2.45) is 4.99 Å². The molecule has 0 bridgehead atoms. The summed E-state index contributed by atoms with van der Waals surface area (Å²) in [5.41, 5.74) is 0.639.